The maximum atomic E-state index is 11.3. The van der Waals surface area contributed by atoms with Crippen molar-refractivity contribution in [2.24, 2.45) is 0 Å². The number of carbonyl (C=O) groups is 2. The van der Waals surface area contributed by atoms with Crippen LogP contribution in [0.5, 0.6) is 0 Å². The molecular formula is C13H16N4O3. The average Bonchev–Trinajstić information content (AvgIpc) is 2.86. The van der Waals surface area contributed by atoms with E-state index in [1.54, 1.807) is 25.1 Å². The van der Waals surface area contributed by atoms with E-state index < -0.39 is 6.09 Å². The van der Waals surface area contributed by atoms with Gasteiger partial charge in [0.15, 0.2) is 0 Å². The third-order valence-electron chi connectivity index (χ3n) is 2.72. The summed E-state index contributed by atoms with van der Waals surface area (Å²) < 4.78 is 4.48. The number of aromatic nitrogens is 2. The van der Waals surface area contributed by atoms with Gasteiger partial charge in [-0.25, -0.2) is 9.78 Å². The highest BCUT2D eigenvalue weighted by Gasteiger charge is 2.06. The quantitative estimate of drug-likeness (QED) is 0.792. The Morgan fingerprint density at radius 2 is 2.20 bits per heavy atom. The number of methoxy groups -OCH3 is 1. The van der Waals surface area contributed by atoms with Crippen molar-refractivity contribution in [3.63, 3.8) is 0 Å². The van der Waals surface area contributed by atoms with Gasteiger partial charge in [0.2, 0.25) is 5.91 Å². The van der Waals surface area contributed by atoms with Crippen LogP contribution in [-0.2, 0) is 16.1 Å². The molecule has 0 radical (unpaired) electrons. The van der Waals surface area contributed by atoms with Gasteiger partial charge in [0.05, 0.1) is 24.7 Å². The number of fused-ring (bicyclic) bond motifs is 1. The molecular weight excluding hydrogens is 260 g/mol. The molecule has 0 atom stereocenters. The lowest BCUT2D eigenvalue weighted by Crippen LogP contribution is -2.22. The van der Waals surface area contributed by atoms with E-state index in [4.69, 9.17) is 0 Å². The molecule has 2 rings (SSSR count). The van der Waals surface area contributed by atoms with Gasteiger partial charge in [-0.05, 0) is 18.2 Å². The van der Waals surface area contributed by atoms with Gasteiger partial charge in [-0.15, -0.1) is 0 Å². The number of H-pyrrole nitrogens is 1. The third-order valence-corrected chi connectivity index (χ3v) is 2.72. The molecule has 7 nitrogen and oxygen atoms in total. The summed E-state index contributed by atoms with van der Waals surface area (Å²) in [7, 11) is 1.30. The fourth-order valence-corrected chi connectivity index (χ4v) is 1.70. The molecule has 2 aromatic rings. The van der Waals surface area contributed by atoms with Crippen molar-refractivity contribution >= 4 is 28.7 Å². The lowest BCUT2D eigenvalue weighted by Gasteiger charge is -2.02. The number of aromatic amines is 1. The minimum absolute atomic E-state index is 0.0450. The molecule has 1 aromatic carbocycles. The zero-order valence-corrected chi connectivity index (χ0v) is 11.3. The first-order valence-corrected chi connectivity index (χ1v) is 6.22. The van der Waals surface area contributed by atoms with Gasteiger partial charge < -0.3 is 20.4 Å². The van der Waals surface area contributed by atoms with E-state index in [1.807, 2.05) is 0 Å². The molecule has 0 aliphatic heterocycles. The maximum Gasteiger partial charge on any atom is 0.407 e. The molecule has 1 aromatic heterocycles. The Morgan fingerprint density at radius 1 is 1.40 bits per heavy atom. The van der Waals surface area contributed by atoms with E-state index in [9.17, 15) is 9.59 Å². The largest absolute Gasteiger partial charge is 0.453 e. The highest BCUT2D eigenvalue weighted by Crippen LogP contribution is 2.17. The highest BCUT2D eigenvalue weighted by atomic mass is 16.5. The second-order valence-electron chi connectivity index (χ2n) is 4.16. The maximum absolute atomic E-state index is 11.3. The summed E-state index contributed by atoms with van der Waals surface area (Å²) in [6.45, 7) is 2.04. The number of alkyl carbamates (subject to hydrolysis) is 1. The van der Waals surface area contributed by atoms with E-state index in [0.29, 0.717) is 17.9 Å². The predicted molar refractivity (Wildman–Crippen MR) is 74.3 cm³/mol. The van der Waals surface area contributed by atoms with Crippen LogP contribution in [0, 0.1) is 0 Å². The molecule has 0 saturated heterocycles. The Balaban J connectivity index is 2.13. The molecule has 0 unspecified atom stereocenters. The van der Waals surface area contributed by atoms with E-state index in [0.717, 1.165) is 11.0 Å². The summed E-state index contributed by atoms with van der Waals surface area (Å²) in [6, 6.07) is 5.39. The first-order chi connectivity index (χ1) is 9.62. The Kier molecular flexibility index (Phi) is 4.19. The van der Waals surface area contributed by atoms with Crippen LogP contribution >= 0.6 is 0 Å². The summed E-state index contributed by atoms with van der Waals surface area (Å²) in [6.07, 6.45) is -0.0867. The topological polar surface area (TPSA) is 96.1 Å². The SMILES string of the molecule is CCC(=O)Nc1ccc2nc(CNC(=O)OC)[nH]c2c1. The van der Waals surface area contributed by atoms with Crippen LogP contribution in [0.25, 0.3) is 11.0 Å². The normalized spacial score (nSPS) is 10.3. The van der Waals surface area contributed by atoms with Crippen LogP contribution in [0.1, 0.15) is 19.2 Å². The van der Waals surface area contributed by atoms with E-state index in [2.05, 4.69) is 25.3 Å². The Bertz CT molecular complexity index is 636. The molecule has 106 valence electrons. The summed E-state index contributed by atoms with van der Waals surface area (Å²) in [5.74, 6) is 0.570. The summed E-state index contributed by atoms with van der Waals surface area (Å²) in [5.41, 5.74) is 2.27. The van der Waals surface area contributed by atoms with Gasteiger partial charge >= 0.3 is 6.09 Å². The first kappa shape index (κ1) is 13.9. The zero-order valence-electron chi connectivity index (χ0n) is 11.3. The molecule has 20 heavy (non-hydrogen) atoms. The van der Waals surface area contributed by atoms with Crippen LogP contribution in [0.15, 0.2) is 18.2 Å². The molecule has 0 saturated carbocycles. The molecule has 3 N–H and O–H groups in total. The van der Waals surface area contributed by atoms with Gasteiger partial charge in [-0.1, -0.05) is 6.92 Å². The Morgan fingerprint density at radius 3 is 2.90 bits per heavy atom. The van der Waals surface area contributed by atoms with Gasteiger partial charge in [0, 0.05) is 12.1 Å². The summed E-state index contributed by atoms with van der Waals surface area (Å²) >= 11 is 0. The average molecular weight is 276 g/mol. The molecule has 7 heteroatoms. The standard InChI is InChI=1S/C13H16N4O3/c1-3-12(18)15-8-4-5-9-10(6-8)17-11(16-9)7-14-13(19)20-2/h4-6H,3,7H2,1-2H3,(H,14,19)(H,15,18)(H,16,17). The van der Waals surface area contributed by atoms with Crippen LogP contribution < -0.4 is 10.6 Å². The number of hydrogen-bond donors (Lipinski definition) is 3. The predicted octanol–water partition coefficient (Wildman–Crippen LogP) is 1.77. The number of ether oxygens (including phenoxy) is 1. The van der Waals surface area contributed by atoms with Crippen molar-refractivity contribution in [2.75, 3.05) is 12.4 Å². The van der Waals surface area contributed by atoms with Crippen LogP contribution in [-0.4, -0.2) is 29.1 Å². The fourth-order valence-electron chi connectivity index (χ4n) is 1.70. The van der Waals surface area contributed by atoms with Crippen molar-refractivity contribution in [1.82, 2.24) is 15.3 Å². The summed E-state index contributed by atoms with van der Waals surface area (Å²) in [5, 5.41) is 5.32. The van der Waals surface area contributed by atoms with Gasteiger partial charge in [0.25, 0.3) is 0 Å². The van der Waals surface area contributed by atoms with Crippen molar-refractivity contribution in [2.45, 2.75) is 19.9 Å². The van der Waals surface area contributed by atoms with Crippen molar-refractivity contribution in [1.29, 1.82) is 0 Å². The Hall–Kier alpha value is -2.57. The zero-order chi connectivity index (χ0) is 14.5. The number of carbonyl (C=O) groups excluding carboxylic acids is 2. The lowest BCUT2D eigenvalue weighted by molar-refractivity contribution is -0.115. The minimum Gasteiger partial charge on any atom is -0.453 e. The second kappa shape index (κ2) is 6.05. The van der Waals surface area contributed by atoms with Crippen molar-refractivity contribution in [3.8, 4) is 0 Å². The molecule has 0 fully saturated rings. The van der Waals surface area contributed by atoms with Gasteiger partial charge in [0.1, 0.15) is 5.82 Å². The second-order valence-corrected chi connectivity index (χ2v) is 4.16. The molecule has 2 amide bonds. The molecule has 0 aliphatic carbocycles. The van der Waals surface area contributed by atoms with Crippen LogP contribution in [0.3, 0.4) is 0 Å². The molecule has 1 heterocycles. The van der Waals surface area contributed by atoms with Crippen molar-refractivity contribution in [3.05, 3.63) is 24.0 Å². The number of imidazole rings is 1. The number of anilines is 1. The highest BCUT2D eigenvalue weighted by molar-refractivity contribution is 5.92. The number of hydrogen-bond acceptors (Lipinski definition) is 4. The van der Waals surface area contributed by atoms with E-state index in [-0.39, 0.29) is 12.5 Å². The number of rotatable bonds is 4. The smallest absolute Gasteiger partial charge is 0.407 e. The number of nitrogens with one attached hydrogen (secondary N) is 3. The number of nitrogens with zero attached hydrogens (tertiary/aromatic N) is 1. The minimum atomic E-state index is -0.513. The van der Waals surface area contributed by atoms with E-state index in [1.165, 1.54) is 7.11 Å². The van der Waals surface area contributed by atoms with E-state index >= 15 is 0 Å². The molecule has 0 bridgehead atoms. The summed E-state index contributed by atoms with van der Waals surface area (Å²) in [4.78, 5) is 29.7. The first-order valence-electron chi connectivity index (χ1n) is 6.22. The number of amides is 2. The van der Waals surface area contributed by atoms with Crippen molar-refractivity contribution < 1.29 is 14.3 Å². The third kappa shape index (κ3) is 3.25. The lowest BCUT2D eigenvalue weighted by atomic mass is 10.2. The monoisotopic (exact) mass is 276 g/mol. The van der Waals surface area contributed by atoms with Crippen LogP contribution in [0.4, 0.5) is 10.5 Å². The Labute approximate surface area is 115 Å². The fraction of sp³-hybridized carbons (Fsp3) is 0.308. The van der Waals surface area contributed by atoms with Gasteiger partial charge in [-0.2, -0.15) is 0 Å². The van der Waals surface area contributed by atoms with Crippen LogP contribution in [0.2, 0.25) is 0 Å². The number of benzene rings is 1. The molecule has 0 aliphatic rings. The molecule has 0 spiro atoms. The van der Waals surface area contributed by atoms with Gasteiger partial charge in [-0.3, -0.25) is 4.79 Å².